The Morgan fingerprint density at radius 1 is 1.25 bits per heavy atom. The molecule has 0 fully saturated rings. The Labute approximate surface area is 143 Å². The smallest absolute Gasteiger partial charge is 0.268 e. The summed E-state index contributed by atoms with van der Waals surface area (Å²) in [5.74, 6) is 0. The van der Waals surface area contributed by atoms with Gasteiger partial charge in [0.15, 0.2) is 0 Å². The van der Waals surface area contributed by atoms with Crippen LogP contribution in [-0.2, 0) is 6.54 Å². The Kier molecular flexibility index (Phi) is 4.41. The van der Waals surface area contributed by atoms with E-state index in [2.05, 4.69) is 16.2 Å². The zero-order valence-electron chi connectivity index (χ0n) is 12.9. The molecule has 0 spiro atoms. The molecule has 0 aliphatic heterocycles. The minimum absolute atomic E-state index is 0.170. The van der Waals surface area contributed by atoms with Crippen LogP contribution in [0.3, 0.4) is 0 Å². The molecular weight excluding hydrogens is 324 g/mol. The molecule has 5 nitrogen and oxygen atoms in total. The number of nitrogens with zero attached hydrogens (tertiary/aromatic N) is 4. The summed E-state index contributed by atoms with van der Waals surface area (Å²) in [4.78, 5) is 16.4. The highest BCUT2D eigenvalue weighted by Gasteiger charge is 2.11. The van der Waals surface area contributed by atoms with Crippen LogP contribution in [0.5, 0.6) is 0 Å². The van der Waals surface area contributed by atoms with Crippen LogP contribution in [0.2, 0.25) is 5.02 Å². The summed E-state index contributed by atoms with van der Waals surface area (Å²) in [6, 6.07) is 14.5. The van der Waals surface area contributed by atoms with Crippen LogP contribution in [0.15, 0.2) is 53.5 Å². The molecule has 24 heavy (non-hydrogen) atoms. The number of halogens is 1. The minimum atomic E-state index is -0.170. The Morgan fingerprint density at radius 2 is 2.00 bits per heavy atom. The predicted octanol–water partition coefficient (Wildman–Crippen LogP) is 3.19. The van der Waals surface area contributed by atoms with Gasteiger partial charge in [0.2, 0.25) is 0 Å². The van der Waals surface area contributed by atoms with Crippen LogP contribution < -0.4 is 5.56 Å². The molecule has 118 valence electrons. The third-order valence-corrected chi connectivity index (χ3v) is 3.84. The van der Waals surface area contributed by atoms with Crippen LogP contribution in [0.1, 0.15) is 16.8 Å². The fraction of sp³-hybridized carbons (Fsp3) is 0.111. The molecule has 1 aromatic carbocycles. The molecule has 0 unspecified atom stereocenters. The van der Waals surface area contributed by atoms with Gasteiger partial charge in [0, 0.05) is 22.3 Å². The van der Waals surface area contributed by atoms with Crippen molar-refractivity contribution in [2.24, 2.45) is 0 Å². The van der Waals surface area contributed by atoms with Crippen LogP contribution in [0.25, 0.3) is 11.3 Å². The molecular formula is C18H13ClN4O. The highest BCUT2D eigenvalue weighted by molar-refractivity contribution is 6.30. The summed E-state index contributed by atoms with van der Waals surface area (Å²) in [5.41, 5.74) is 2.73. The SMILES string of the molecule is Cc1cc(-c2cccnc2C#N)nn(Cc2ccc(Cl)cc2)c1=O. The Balaban J connectivity index is 2.08. The standard InChI is InChI=1S/C18H13ClN4O/c1-12-9-16(15-3-2-8-21-17(15)10-20)22-23(18(12)24)11-13-4-6-14(19)7-5-13/h2-9H,11H2,1H3. The van der Waals surface area contributed by atoms with E-state index in [1.165, 1.54) is 4.68 Å². The molecule has 0 N–H and O–H groups in total. The first-order valence-electron chi connectivity index (χ1n) is 7.27. The average Bonchev–Trinajstić information content (AvgIpc) is 2.60. The van der Waals surface area contributed by atoms with Gasteiger partial charge in [-0.2, -0.15) is 10.4 Å². The zero-order valence-corrected chi connectivity index (χ0v) is 13.7. The predicted molar refractivity (Wildman–Crippen MR) is 91.7 cm³/mol. The first kappa shape index (κ1) is 15.9. The number of aromatic nitrogens is 3. The van der Waals surface area contributed by atoms with E-state index in [1.54, 1.807) is 43.5 Å². The summed E-state index contributed by atoms with van der Waals surface area (Å²) in [7, 11) is 0. The Bertz CT molecular complexity index is 987. The number of nitriles is 1. The van der Waals surface area contributed by atoms with Crippen molar-refractivity contribution >= 4 is 11.6 Å². The molecule has 2 aromatic heterocycles. The lowest BCUT2D eigenvalue weighted by Crippen LogP contribution is -2.26. The van der Waals surface area contributed by atoms with Crippen molar-refractivity contribution in [2.75, 3.05) is 0 Å². The normalized spacial score (nSPS) is 10.4. The van der Waals surface area contributed by atoms with E-state index in [0.29, 0.717) is 28.4 Å². The summed E-state index contributed by atoms with van der Waals surface area (Å²) in [6.45, 7) is 2.06. The van der Waals surface area contributed by atoms with Gasteiger partial charge >= 0.3 is 0 Å². The number of aryl methyl sites for hydroxylation is 1. The third-order valence-electron chi connectivity index (χ3n) is 3.59. The fourth-order valence-electron chi connectivity index (χ4n) is 2.38. The van der Waals surface area contributed by atoms with Crippen molar-refractivity contribution < 1.29 is 0 Å². The molecule has 0 aliphatic carbocycles. The number of benzene rings is 1. The van der Waals surface area contributed by atoms with E-state index in [0.717, 1.165) is 5.56 Å². The van der Waals surface area contributed by atoms with Crippen molar-refractivity contribution in [1.82, 2.24) is 14.8 Å². The molecule has 0 atom stereocenters. The van der Waals surface area contributed by atoms with Crippen molar-refractivity contribution in [3.05, 3.63) is 80.9 Å². The molecule has 2 heterocycles. The summed E-state index contributed by atoms with van der Waals surface area (Å²) in [6.07, 6.45) is 1.55. The number of hydrogen-bond acceptors (Lipinski definition) is 4. The first-order chi connectivity index (χ1) is 11.6. The Hall–Kier alpha value is -2.97. The third kappa shape index (κ3) is 3.19. The van der Waals surface area contributed by atoms with Gasteiger partial charge in [-0.25, -0.2) is 9.67 Å². The maximum Gasteiger partial charge on any atom is 0.270 e. The van der Waals surface area contributed by atoms with Crippen LogP contribution in [0, 0.1) is 18.3 Å². The van der Waals surface area contributed by atoms with E-state index >= 15 is 0 Å². The maximum atomic E-state index is 12.4. The average molecular weight is 337 g/mol. The van der Waals surface area contributed by atoms with E-state index in [4.69, 9.17) is 11.6 Å². The quantitative estimate of drug-likeness (QED) is 0.736. The van der Waals surface area contributed by atoms with E-state index < -0.39 is 0 Å². The molecule has 6 heteroatoms. The van der Waals surface area contributed by atoms with Gasteiger partial charge < -0.3 is 0 Å². The highest BCUT2D eigenvalue weighted by atomic mass is 35.5. The number of pyridine rings is 1. The lowest BCUT2D eigenvalue weighted by atomic mass is 10.1. The van der Waals surface area contributed by atoms with Gasteiger partial charge in [0.1, 0.15) is 11.8 Å². The van der Waals surface area contributed by atoms with Gasteiger partial charge in [0.25, 0.3) is 5.56 Å². The molecule has 3 rings (SSSR count). The molecule has 0 amide bonds. The first-order valence-corrected chi connectivity index (χ1v) is 7.65. The minimum Gasteiger partial charge on any atom is -0.268 e. The van der Waals surface area contributed by atoms with Gasteiger partial charge in [-0.1, -0.05) is 23.7 Å². The summed E-state index contributed by atoms with van der Waals surface area (Å²) in [5, 5.41) is 14.3. The van der Waals surface area contributed by atoms with E-state index in [9.17, 15) is 10.1 Å². The van der Waals surface area contributed by atoms with Crippen LogP contribution in [0.4, 0.5) is 0 Å². The second-order valence-corrected chi connectivity index (χ2v) is 5.75. The van der Waals surface area contributed by atoms with Crippen molar-refractivity contribution in [3.8, 4) is 17.3 Å². The zero-order chi connectivity index (χ0) is 17.1. The van der Waals surface area contributed by atoms with E-state index in [-0.39, 0.29) is 11.3 Å². The van der Waals surface area contributed by atoms with Gasteiger partial charge in [-0.3, -0.25) is 4.79 Å². The maximum absolute atomic E-state index is 12.4. The lowest BCUT2D eigenvalue weighted by Gasteiger charge is -2.10. The largest absolute Gasteiger partial charge is 0.270 e. The Morgan fingerprint density at radius 3 is 2.71 bits per heavy atom. The molecule has 0 saturated heterocycles. The molecule has 0 aliphatic rings. The lowest BCUT2D eigenvalue weighted by molar-refractivity contribution is 0.637. The van der Waals surface area contributed by atoms with Gasteiger partial charge in [-0.15, -0.1) is 0 Å². The topological polar surface area (TPSA) is 71.6 Å². The second-order valence-electron chi connectivity index (χ2n) is 5.31. The molecule has 0 saturated carbocycles. The van der Waals surface area contributed by atoms with Crippen LogP contribution >= 0.6 is 11.6 Å². The second kappa shape index (κ2) is 6.65. The number of hydrogen-bond donors (Lipinski definition) is 0. The van der Waals surface area contributed by atoms with Gasteiger partial charge in [-0.05, 0) is 42.8 Å². The molecule has 0 bridgehead atoms. The highest BCUT2D eigenvalue weighted by Crippen LogP contribution is 2.19. The number of rotatable bonds is 3. The molecule has 0 radical (unpaired) electrons. The summed E-state index contributed by atoms with van der Waals surface area (Å²) >= 11 is 5.89. The summed E-state index contributed by atoms with van der Waals surface area (Å²) < 4.78 is 1.39. The van der Waals surface area contributed by atoms with Crippen molar-refractivity contribution in [1.29, 1.82) is 5.26 Å². The van der Waals surface area contributed by atoms with Crippen molar-refractivity contribution in [3.63, 3.8) is 0 Å². The molecule has 3 aromatic rings. The van der Waals surface area contributed by atoms with Gasteiger partial charge in [0.05, 0.1) is 12.2 Å². The van der Waals surface area contributed by atoms with Crippen molar-refractivity contribution in [2.45, 2.75) is 13.5 Å². The van der Waals surface area contributed by atoms with Crippen LogP contribution in [-0.4, -0.2) is 14.8 Å². The van der Waals surface area contributed by atoms with E-state index in [1.807, 2.05) is 12.1 Å². The fourth-order valence-corrected chi connectivity index (χ4v) is 2.50. The monoisotopic (exact) mass is 336 g/mol.